The minimum Gasteiger partial charge on any atom is -0.447 e. The van der Waals surface area contributed by atoms with E-state index in [0.29, 0.717) is 10.5 Å². The molecular formula is C10H14INO3. The van der Waals surface area contributed by atoms with Gasteiger partial charge in [-0.1, -0.05) is 29.5 Å². The van der Waals surface area contributed by atoms with Crippen LogP contribution in [0.25, 0.3) is 0 Å². The van der Waals surface area contributed by atoms with E-state index < -0.39 is 6.09 Å². The van der Waals surface area contributed by atoms with E-state index in [-0.39, 0.29) is 17.9 Å². The van der Waals surface area contributed by atoms with Gasteiger partial charge >= 0.3 is 6.09 Å². The number of hydrogen-bond donors (Lipinski definition) is 0. The molecule has 0 N–H and O–H groups in total. The molecule has 2 heterocycles. The zero-order valence-corrected chi connectivity index (χ0v) is 10.8. The van der Waals surface area contributed by atoms with Gasteiger partial charge in [0, 0.05) is 9.84 Å². The van der Waals surface area contributed by atoms with Crippen LogP contribution < -0.4 is 0 Å². The summed E-state index contributed by atoms with van der Waals surface area (Å²) in [5.74, 6) is -0.135. The first kappa shape index (κ1) is 11.2. The van der Waals surface area contributed by atoms with Crippen LogP contribution in [0, 0.1) is 5.92 Å². The number of rotatable bonds is 0. The molecule has 2 amide bonds. The van der Waals surface area contributed by atoms with Crippen molar-refractivity contribution in [2.45, 2.75) is 36.2 Å². The summed E-state index contributed by atoms with van der Waals surface area (Å²) in [5.41, 5.74) is 0. The monoisotopic (exact) mass is 323 g/mol. The van der Waals surface area contributed by atoms with Gasteiger partial charge in [0.25, 0.3) is 0 Å². The average Bonchev–Trinajstić information content (AvgIpc) is 2.54. The molecule has 5 heteroatoms. The Hall–Kier alpha value is -0.330. The summed E-state index contributed by atoms with van der Waals surface area (Å²) in [6, 6.07) is -0.0231. The van der Waals surface area contributed by atoms with Crippen molar-refractivity contribution in [3.63, 3.8) is 0 Å². The van der Waals surface area contributed by atoms with E-state index >= 15 is 0 Å². The maximum atomic E-state index is 12.0. The molecule has 84 valence electrons. The van der Waals surface area contributed by atoms with E-state index in [9.17, 15) is 9.59 Å². The van der Waals surface area contributed by atoms with Gasteiger partial charge in [0.2, 0.25) is 5.91 Å². The van der Waals surface area contributed by atoms with E-state index in [0.717, 1.165) is 19.3 Å². The molecule has 2 aliphatic rings. The molecule has 0 radical (unpaired) electrons. The fourth-order valence-electron chi connectivity index (χ4n) is 2.16. The summed E-state index contributed by atoms with van der Waals surface area (Å²) in [4.78, 5) is 24.7. The molecule has 0 aromatic carbocycles. The third kappa shape index (κ3) is 2.11. The summed E-state index contributed by atoms with van der Waals surface area (Å²) >= 11 is 2.39. The van der Waals surface area contributed by atoms with E-state index in [1.165, 1.54) is 4.90 Å². The molecule has 2 fully saturated rings. The number of cyclic esters (lactones) is 1. The molecule has 2 rings (SSSR count). The second-order valence-electron chi connectivity index (χ2n) is 4.25. The van der Waals surface area contributed by atoms with Gasteiger partial charge in [-0.15, -0.1) is 0 Å². The minimum atomic E-state index is -0.455. The van der Waals surface area contributed by atoms with Crippen LogP contribution in [0.15, 0.2) is 0 Å². The Morgan fingerprint density at radius 1 is 1.40 bits per heavy atom. The summed E-state index contributed by atoms with van der Waals surface area (Å²) in [7, 11) is 0. The molecule has 0 bridgehead atoms. The molecule has 0 aliphatic carbocycles. The largest absolute Gasteiger partial charge is 0.447 e. The Kier molecular flexibility index (Phi) is 3.18. The Bertz CT molecular complexity index is 294. The topological polar surface area (TPSA) is 46.6 Å². The smallest absolute Gasteiger partial charge is 0.416 e. The summed E-state index contributed by atoms with van der Waals surface area (Å²) in [6.45, 7) is 2.27. The number of amides is 2. The van der Waals surface area contributed by atoms with E-state index in [4.69, 9.17) is 4.74 Å². The number of fused-ring (bicyclic) bond motifs is 1. The van der Waals surface area contributed by atoms with Crippen LogP contribution in [0.4, 0.5) is 4.79 Å². The summed E-state index contributed by atoms with van der Waals surface area (Å²) in [5, 5.41) is 0. The van der Waals surface area contributed by atoms with E-state index in [2.05, 4.69) is 22.6 Å². The number of alkyl halides is 1. The van der Waals surface area contributed by atoms with Gasteiger partial charge in [-0.3, -0.25) is 4.79 Å². The number of ether oxygens (including phenoxy) is 1. The second kappa shape index (κ2) is 4.27. The van der Waals surface area contributed by atoms with Crippen molar-refractivity contribution in [1.82, 2.24) is 4.90 Å². The molecule has 4 nitrogen and oxygen atoms in total. The highest BCUT2D eigenvalue weighted by molar-refractivity contribution is 14.1. The maximum absolute atomic E-state index is 12.0. The minimum absolute atomic E-state index is 0.0231. The van der Waals surface area contributed by atoms with E-state index in [1.54, 1.807) is 0 Å². The number of imide groups is 1. The molecule has 0 unspecified atom stereocenters. The van der Waals surface area contributed by atoms with Gasteiger partial charge in [-0.2, -0.15) is 0 Å². The lowest BCUT2D eigenvalue weighted by molar-refractivity contribution is -0.133. The highest BCUT2D eigenvalue weighted by Gasteiger charge is 2.41. The van der Waals surface area contributed by atoms with Crippen molar-refractivity contribution in [2.24, 2.45) is 5.92 Å². The number of nitrogens with zero attached hydrogens (tertiary/aromatic N) is 1. The van der Waals surface area contributed by atoms with Crippen molar-refractivity contribution in [1.29, 1.82) is 0 Å². The van der Waals surface area contributed by atoms with Crippen LogP contribution in [0.3, 0.4) is 0 Å². The molecule has 3 atom stereocenters. The fraction of sp³-hybridized carbons (Fsp3) is 0.800. The predicted molar refractivity (Wildman–Crippen MR) is 62.8 cm³/mol. The first-order valence-electron chi connectivity index (χ1n) is 5.23. The lowest BCUT2D eigenvalue weighted by Crippen LogP contribution is -2.44. The second-order valence-corrected chi connectivity index (χ2v) is 6.01. The standard InChI is InChI=1S/C10H14INO3/c1-6-4-7(11)2-3-8-5-15-10(14)12(8)9(6)13/h6-8H,2-5H2,1H3/t6-,7+,8+/m0/s1. The summed E-state index contributed by atoms with van der Waals surface area (Å²) < 4.78 is 5.46. The van der Waals surface area contributed by atoms with Crippen molar-refractivity contribution in [3.05, 3.63) is 0 Å². The van der Waals surface area contributed by atoms with Crippen LogP contribution >= 0.6 is 22.6 Å². The van der Waals surface area contributed by atoms with Crippen LogP contribution in [0.5, 0.6) is 0 Å². The molecule has 2 aliphatic heterocycles. The van der Waals surface area contributed by atoms with Crippen molar-refractivity contribution >= 4 is 34.6 Å². The molecule has 2 saturated heterocycles. The zero-order chi connectivity index (χ0) is 11.0. The van der Waals surface area contributed by atoms with Gasteiger partial charge in [0.15, 0.2) is 0 Å². The number of carbonyl (C=O) groups is 2. The molecule has 0 saturated carbocycles. The van der Waals surface area contributed by atoms with Crippen LogP contribution in [-0.4, -0.2) is 33.5 Å². The lowest BCUT2D eigenvalue weighted by Gasteiger charge is -2.27. The SMILES string of the molecule is C[C@H]1C[C@H](I)CC[C@@H]2COC(=O)N2C1=O. The normalized spacial score (nSPS) is 36.9. The molecule has 0 spiro atoms. The highest BCUT2D eigenvalue weighted by Crippen LogP contribution is 2.29. The van der Waals surface area contributed by atoms with Gasteiger partial charge in [-0.25, -0.2) is 9.69 Å². The molecule has 0 aromatic heterocycles. The molecular weight excluding hydrogens is 309 g/mol. The lowest BCUT2D eigenvalue weighted by atomic mass is 9.96. The third-order valence-corrected chi connectivity index (χ3v) is 4.17. The Morgan fingerprint density at radius 3 is 2.87 bits per heavy atom. The maximum Gasteiger partial charge on any atom is 0.416 e. The van der Waals surface area contributed by atoms with Gasteiger partial charge in [0.1, 0.15) is 6.61 Å². The number of halogens is 1. The van der Waals surface area contributed by atoms with Crippen LogP contribution in [-0.2, 0) is 9.53 Å². The van der Waals surface area contributed by atoms with Gasteiger partial charge in [-0.05, 0) is 19.3 Å². The Morgan fingerprint density at radius 2 is 2.13 bits per heavy atom. The quantitative estimate of drug-likeness (QED) is 0.506. The average molecular weight is 323 g/mol. The summed E-state index contributed by atoms with van der Waals surface area (Å²) in [6.07, 6.45) is 2.33. The van der Waals surface area contributed by atoms with Crippen molar-refractivity contribution in [2.75, 3.05) is 6.61 Å². The zero-order valence-electron chi connectivity index (χ0n) is 8.61. The van der Waals surface area contributed by atoms with Crippen LogP contribution in [0.2, 0.25) is 0 Å². The highest BCUT2D eigenvalue weighted by atomic mass is 127. The number of hydrogen-bond acceptors (Lipinski definition) is 3. The first-order valence-corrected chi connectivity index (χ1v) is 6.48. The van der Waals surface area contributed by atoms with Gasteiger partial charge < -0.3 is 4.74 Å². The van der Waals surface area contributed by atoms with Gasteiger partial charge in [0.05, 0.1) is 6.04 Å². The fourth-order valence-corrected chi connectivity index (χ4v) is 3.28. The Balaban J connectivity index is 2.19. The third-order valence-electron chi connectivity index (χ3n) is 3.04. The molecule has 0 aromatic rings. The Labute approximate surface area is 102 Å². The van der Waals surface area contributed by atoms with Crippen molar-refractivity contribution in [3.8, 4) is 0 Å². The van der Waals surface area contributed by atoms with Crippen LogP contribution in [0.1, 0.15) is 26.2 Å². The first-order chi connectivity index (χ1) is 7.09. The number of carbonyl (C=O) groups excluding carboxylic acids is 2. The van der Waals surface area contributed by atoms with Crippen molar-refractivity contribution < 1.29 is 14.3 Å². The molecule has 15 heavy (non-hydrogen) atoms. The van der Waals surface area contributed by atoms with E-state index in [1.807, 2.05) is 6.92 Å². The predicted octanol–water partition coefficient (Wildman–Crippen LogP) is 1.96.